The lowest BCUT2D eigenvalue weighted by atomic mass is 10.0. The van der Waals surface area contributed by atoms with Crippen molar-refractivity contribution in [3.63, 3.8) is 0 Å². The lowest BCUT2D eigenvalue weighted by molar-refractivity contribution is -0.141. The van der Waals surface area contributed by atoms with Crippen LogP contribution in [0.5, 0.6) is 5.75 Å². The maximum atomic E-state index is 14.1. The van der Waals surface area contributed by atoms with Crippen LogP contribution >= 0.6 is 23.2 Å². The average molecular weight is 661 g/mol. The summed E-state index contributed by atoms with van der Waals surface area (Å²) in [5, 5.41) is 3.97. The molecule has 44 heavy (non-hydrogen) atoms. The number of nitrogens with one attached hydrogen (secondary N) is 1. The SMILES string of the molecule is COc1cccc(N(CCCC(=O)N(Cc2c(Cl)cccc2Cl)C(Cc2ccccc2)C(=O)NC2CCCC2)S(C)(=O)=O)c1. The second kappa shape index (κ2) is 15.6. The quantitative estimate of drug-likeness (QED) is 0.221. The van der Waals surface area contributed by atoms with Crippen molar-refractivity contribution in [1.29, 1.82) is 0 Å². The van der Waals surface area contributed by atoms with Gasteiger partial charge in [0.2, 0.25) is 21.8 Å². The van der Waals surface area contributed by atoms with E-state index in [1.54, 1.807) is 47.4 Å². The molecule has 236 valence electrons. The van der Waals surface area contributed by atoms with Gasteiger partial charge in [0, 0.05) is 53.6 Å². The second-order valence-corrected chi connectivity index (χ2v) is 13.8. The summed E-state index contributed by atoms with van der Waals surface area (Å²) in [5.74, 6) is -0.0129. The summed E-state index contributed by atoms with van der Waals surface area (Å²) >= 11 is 13.1. The molecule has 0 radical (unpaired) electrons. The highest BCUT2D eigenvalue weighted by molar-refractivity contribution is 7.92. The molecule has 0 aromatic heterocycles. The molecule has 1 N–H and O–H groups in total. The molecule has 2 amide bonds. The summed E-state index contributed by atoms with van der Waals surface area (Å²) in [6.07, 6.45) is 5.56. The van der Waals surface area contributed by atoms with Gasteiger partial charge in [-0.1, -0.05) is 78.5 Å². The van der Waals surface area contributed by atoms with Gasteiger partial charge in [-0.15, -0.1) is 0 Å². The first-order chi connectivity index (χ1) is 21.1. The van der Waals surface area contributed by atoms with Crippen molar-refractivity contribution in [1.82, 2.24) is 10.2 Å². The number of hydrogen-bond donors (Lipinski definition) is 1. The third kappa shape index (κ3) is 9.13. The van der Waals surface area contributed by atoms with Crippen molar-refractivity contribution < 1.29 is 22.7 Å². The van der Waals surface area contributed by atoms with Gasteiger partial charge in [0.15, 0.2) is 0 Å². The number of methoxy groups -OCH3 is 1. The van der Waals surface area contributed by atoms with E-state index in [1.165, 1.54) is 11.4 Å². The molecule has 8 nitrogen and oxygen atoms in total. The molecule has 0 spiro atoms. The number of anilines is 1. The third-order valence-corrected chi connectivity index (χ3v) is 9.76. The minimum atomic E-state index is -3.65. The Hall–Kier alpha value is -3.27. The molecule has 1 unspecified atom stereocenters. The van der Waals surface area contributed by atoms with Crippen LogP contribution in [0.1, 0.15) is 49.7 Å². The highest BCUT2D eigenvalue weighted by Gasteiger charge is 2.33. The van der Waals surface area contributed by atoms with E-state index in [0.717, 1.165) is 37.5 Å². The number of rotatable bonds is 14. The molecule has 0 heterocycles. The van der Waals surface area contributed by atoms with Gasteiger partial charge in [0.1, 0.15) is 11.8 Å². The van der Waals surface area contributed by atoms with Gasteiger partial charge in [-0.05, 0) is 49.1 Å². The number of hydrogen-bond acceptors (Lipinski definition) is 5. The van der Waals surface area contributed by atoms with Gasteiger partial charge >= 0.3 is 0 Å². The van der Waals surface area contributed by atoms with Crippen LogP contribution in [-0.4, -0.2) is 57.1 Å². The first kappa shape index (κ1) is 33.6. The number of ether oxygens (including phenoxy) is 1. The van der Waals surface area contributed by atoms with Crippen LogP contribution < -0.4 is 14.4 Å². The zero-order valence-corrected chi connectivity index (χ0v) is 27.4. The topological polar surface area (TPSA) is 96.0 Å². The van der Waals surface area contributed by atoms with E-state index in [1.807, 2.05) is 30.3 Å². The smallest absolute Gasteiger partial charge is 0.243 e. The van der Waals surface area contributed by atoms with E-state index >= 15 is 0 Å². The summed E-state index contributed by atoms with van der Waals surface area (Å²) in [7, 11) is -2.14. The minimum Gasteiger partial charge on any atom is -0.497 e. The number of carbonyl (C=O) groups is 2. The Labute approximate surface area is 270 Å². The van der Waals surface area contributed by atoms with Crippen molar-refractivity contribution in [2.75, 3.05) is 24.2 Å². The molecule has 3 aromatic carbocycles. The average Bonchev–Trinajstić information content (AvgIpc) is 3.51. The van der Waals surface area contributed by atoms with E-state index in [4.69, 9.17) is 27.9 Å². The zero-order chi connectivity index (χ0) is 31.7. The molecule has 1 atom stereocenters. The summed E-state index contributed by atoms with van der Waals surface area (Å²) in [6, 6.07) is 20.7. The molecule has 0 saturated heterocycles. The Balaban J connectivity index is 1.62. The monoisotopic (exact) mass is 659 g/mol. The van der Waals surface area contributed by atoms with E-state index in [0.29, 0.717) is 33.5 Å². The normalized spacial score (nSPS) is 14.2. The van der Waals surface area contributed by atoms with Gasteiger partial charge in [-0.3, -0.25) is 13.9 Å². The van der Waals surface area contributed by atoms with E-state index < -0.39 is 16.1 Å². The predicted octanol–water partition coefficient (Wildman–Crippen LogP) is 6.25. The number of carbonyl (C=O) groups excluding carboxylic acids is 2. The first-order valence-corrected chi connectivity index (χ1v) is 17.4. The molecule has 3 aromatic rings. The zero-order valence-electron chi connectivity index (χ0n) is 25.0. The molecule has 1 aliphatic carbocycles. The van der Waals surface area contributed by atoms with Crippen molar-refractivity contribution in [2.45, 2.75) is 63.6 Å². The number of halogens is 2. The van der Waals surface area contributed by atoms with Gasteiger partial charge in [0.05, 0.1) is 19.1 Å². The van der Waals surface area contributed by atoms with Crippen LogP contribution in [0.15, 0.2) is 72.8 Å². The van der Waals surface area contributed by atoms with Crippen LogP contribution in [-0.2, 0) is 32.6 Å². The Morgan fingerprint density at radius 2 is 1.64 bits per heavy atom. The lowest BCUT2D eigenvalue weighted by Crippen LogP contribution is -2.52. The Kier molecular flexibility index (Phi) is 11.9. The molecule has 0 bridgehead atoms. The van der Waals surface area contributed by atoms with Gasteiger partial charge in [-0.25, -0.2) is 8.42 Å². The number of amides is 2. The fraction of sp³-hybridized carbons (Fsp3) is 0.394. The number of benzene rings is 3. The molecule has 1 aliphatic rings. The van der Waals surface area contributed by atoms with Crippen LogP contribution in [0.3, 0.4) is 0 Å². The molecular weight excluding hydrogens is 621 g/mol. The minimum absolute atomic E-state index is 0.0000579. The Bertz CT molecular complexity index is 1510. The predicted molar refractivity (Wildman–Crippen MR) is 176 cm³/mol. The summed E-state index contributed by atoms with van der Waals surface area (Å²) < 4.78 is 32.0. The second-order valence-electron chi connectivity index (χ2n) is 11.1. The largest absolute Gasteiger partial charge is 0.497 e. The number of sulfonamides is 1. The van der Waals surface area contributed by atoms with Crippen molar-refractivity contribution in [3.8, 4) is 5.75 Å². The third-order valence-electron chi connectivity index (χ3n) is 7.86. The van der Waals surface area contributed by atoms with Crippen molar-refractivity contribution >= 4 is 50.7 Å². The van der Waals surface area contributed by atoms with Gasteiger partial charge < -0.3 is 15.0 Å². The lowest BCUT2D eigenvalue weighted by Gasteiger charge is -2.33. The van der Waals surface area contributed by atoms with Gasteiger partial charge in [0.25, 0.3) is 0 Å². The fourth-order valence-corrected chi connectivity index (χ4v) is 7.02. The molecular formula is C33H39Cl2N3O5S. The first-order valence-electron chi connectivity index (χ1n) is 14.7. The van der Waals surface area contributed by atoms with E-state index in [9.17, 15) is 18.0 Å². The van der Waals surface area contributed by atoms with Crippen LogP contribution in [0.4, 0.5) is 5.69 Å². The standard InChI is InChI=1S/C33H39Cl2N3O5S/c1-43-27-16-8-15-26(22-27)38(44(2,41)42)20-10-19-32(39)37(23-28-29(34)17-9-18-30(28)35)31(21-24-11-4-3-5-12-24)33(40)36-25-13-6-7-14-25/h3-5,8-9,11-12,15-18,22,25,31H,6-7,10,13-14,19-21,23H2,1-2H3,(H,36,40). The maximum Gasteiger partial charge on any atom is 0.243 e. The molecule has 4 rings (SSSR count). The molecule has 1 fully saturated rings. The van der Waals surface area contributed by atoms with Crippen LogP contribution in [0, 0.1) is 0 Å². The summed E-state index contributed by atoms with van der Waals surface area (Å²) in [4.78, 5) is 29.5. The van der Waals surface area contributed by atoms with Crippen LogP contribution in [0.25, 0.3) is 0 Å². The Morgan fingerprint density at radius 1 is 0.977 bits per heavy atom. The maximum absolute atomic E-state index is 14.1. The van der Waals surface area contributed by atoms with Crippen molar-refractivity contribution in [2.24, 2.45) is 0 Å². The molecule has 11 heteroatoms. The number of nitrogens with zero attached hydrogens (tertiary/aromatic N) is 2. The highest BCUT2D eigenvalue weighted by Crippen LogP contribution is 2.29. The van der Waals surface area contributed by atoms with Crippen molar-refractivity contribution in [3.05, 3.63) is 94.0 Å². The highest BCUT2D eigenvalue weighted by atomic mass is 35.5. The summed E-state index contributed by atoms with van der Waals surface area (Å²) in [5.41, 5.74) is 1.89. The molecule has 0 aliphatic heterocycles. The Morgan fingerprint density at radius 3 is 2.27 bits per heavy atom. The summed E-state index contributed by atoms with van der Waals surface area (Å²) in [6.45, 7) is 0.0919. The van der Waals surface area contributed by atoms with E-state index in [-0.39, 0.29) is 43.8 Å². The fourth-order valence-electron chi connectivity index (χ4n) is 5.54. The molecule has 1 saturated carbocycles. The van der Waals surface area contributed by atoms with Gasteiger partial charge in [-0.2, -0.15) is 0 Å². The van der Waals surface area contributed by atoms with Crippen LogP contribution in [0.2, 0.25) is 10.0 Å². The van der Waals surface area contributed by atoms with E-state index in [2.05, 4.69) is 5.32 Å².